The lowest BCUT2D eigenvalue weighted by molar-refractivity contribution is 0.755. The topological polar surface area (TPSA) is 48.0 Å². The molecule has 0 spiro atoms. The quantitative estimate of drug-likeness (QED) is 0.545. The van der Waals surface area contributed by atoms with Crippen molar-refractivity contribution < 1.29 is 0 Å². The first-order valence-electron chi connectivity index (χ1n) is 8.36. The van der Waals surface area contributed by atoms with Crippen molar-refractivity contribution in [1.82, 2.24) is 24.1 Å². The fourth-order valence-corrected chi connectivity index (χ4v) is 3.78. The smallest absolute Gasteiger partial charge is 0.155 e. The SMILES string of the molecule is Cc1ccc(Cl)cc1-c1nc2n(c1-c1ccc3ncnn3c1)CCC2. The van der Waals surface area contributed by atoms with Crippen molar-refractivity contribution in [3.8, 4) is 22.5 Å². The Hall–Kier alpha value is -2.66. The molecule has 0 saturated heterocycles. The van der Waals surface area contributed by atoms with Gasteiger partial charge >= 0.3 is 0 Å². The Morgan fingerprint density at radius 2 is 2.08 bits per heavy atom. The van der Waals surface area contributed by atoms with Crippen molar-refractivity contribution in [1.29, 1.82) is 0 Å². The lowest BCUT2D eigenvalue weighted by Gasteiger charge is -2.11. The summed E-state index contributed by atoms with van der Waals surface area (Å²) in [6.07, 6.45) is 5.74. The molecule has 1 aliphatic heterocycles. The Bertz CT molecular complexity index is 1110. The zero-order valence-electron chi connectivity index (χ0n) is 13.8. The van der Waals surface area contributed by atoms with Gasteiger partial charge in [0.05, 0.1) is 11.4 Å². The van der Waals surface area contributed by atoms with Crippen LogP contribution in [0.5, 0.6) is 0 Å². The van der Waals surface area contributed by atoms with E-state index in [9.17, 15) is 0 Å². The normalized spacial score (nSPS) is 13.5. The average Bonchev–Trinajstić information content (AvgIpc) is 3.30. The molecule has 0 unspecified atom stereocenters. The number of rotatable bonds is 2. The maximum Gasteiger partial charge on any atom is 0.155 e. The number of aryl methyl sites for hydroxylation is 2. The summed E-state index contributed by atoms with van der Waals surface area (Å²) in [4.78, 5) is 9.20. The number of benzene rings is 1. The fourth-order valence-electron chi connectivity index (χ4n) is 3.61. The molecule has 5 nitrogen and oxygen atoms in total. The third-order valence-electron chi connectivity index (χ3n) is 4.83. The molecule has 4 heterocycles. The highest BCUT2D eigenvalue weighted by molar-refractivity contribution is 6.30. The second kappa shape index (κ2) is 5.43. The third kappa shape index (κ3) is 2.27. The number of fused-ring (bicyclic) bond motifs is 2. The molecule has 0 saturated carbocycles. The molecule has 5 rings (SSSR count). The first-order valence-corrected chi connectivity index (χ1v) is 8.74. The Balaban J connectivity index is 1.79. The van der Waals surface area contributed by atoms with Gasteiger partial charge in [0.15, 0.2) is 5.65 Å². The number of halogens is 1. The summed E-state index contributed by atoms with van der Waals surface area (Å²) in [5, 5.41) is 5.00. The number of nitrogens with zero attached hydrogens (tertiary/aromatic N) is 5. The van der Waals surface area contributed by atoms with Gasteiger partial charge < -0.3 is 4.57 Å². The van der Waals surface area contributed by atoms with E-state index in [4.69, 9.17) is 16.6 Å². The van der Waals surface area contributed by atoms with Gasteiger partial charge in [-0.2, -0.15) is 5.10 Å². The first kappa shape index (κ1) is 14.7. The highest BCUT2D eigenvalue weighted by Gasteiger charge is 2.24. The number of pyridine rings is 1. The second-order valence-corrected chi connectivity index (χ2v) is 6.86. The van der Waals surface area contributed by atoms with Crippen molar-refractivity contribution in [2.45, 2.75) is 26.3 Å². The Morgan fingerprint density at radius 3 is 3.00 bits per heavy atom. The summed E-state index contributed by atoms with van der Waals surface area (Å²) in [6, 6.07) is 10.1. The monoisotopic (exact) mass is 349 g/mol. The van der Waals surface area contributed by atoms with E-state index < -0.39 is 0 Å². The van der Waals surface area contributed by atoms with Crippen LogP contribution in [0, 0.1) is 6.92 Å². The largest absolute Gasteiger partial charge is 0.327 e. The molecule has 0 amide bonds. The molecule has 0 radical (unpaired) electrons. The molecule has 0 atom stereocenters. The Labute approximate surface area is 149 Å². The van der Waals surface area contributed by atoms with E-state index in [1.165, 1.54) is 5.56 Å². The fraction of sp³-hybridized carbons (Fsp3) is 0.211. The molecule has 3 aromatic heterocycles. The summed E-state index contributed by atoms with van der Waals surface area (Å²) in [5.74, 6) is 1.14. The van der Waals surface area contributed by atoms with Crippen LogP contribution in [-0.4, -0.2) is 24.1 Å². The zero-order chi connectivity index (χ0) is 17.0. The summed E-state index contributed by atoms with van der Waals surface area (Å²) >= 11 is 6.27. The van der Waals surface area contributed by atoms with Crippen molar-refractivity contribution in [2.75, 3.05) is 0 Å². The van der Waals surface area contributed by atoms with Crippen LogP contribution in [0.15, 0.2) is 42.9 Å². The minimum atomic E-state index is 0.728. The average molecular weight is 350 g/mol. The van der Waals surface area contributed by atoms with Gasteiger partial charge in [-0.3, -0.25) is 0 Å². The van der Waals surface area contributed by atoms with E-state index >= 15 is 0 Å². The molecule has 6 heteroatoms. The maximum atomic E-state index is 6.27. The zero-order valence-corrected chi connectivity index (χ0v) is 14.5. The lowest BCUT2D eigenvalue weighted by Crippen LogP contribution is -1.98. The molecule has 25 heavy (non-hydrogen) atoms. The van der Waals surface area contributed by atoms with Crippen LogP contribution < -0.4 is 0 Å². The van der Waals surface area contributed by atoms with Crippen LogP contribution in [0.1, 0.15) is 17.8 Å². The molecule has 124 valence electrons. The third-order valence-corrected chi connectivity index (χ3v) is 5.07. The van der Waals surface area contributed by atoms with Gasteiger partial charge in [0, 0.05) is 35.3 Å². The van der Waals surface area contributed by atoms with Crippen molar-refractivity contribution >= 4 is 17.2 Å². The van der Waals surface area contributed by atoms with Crippen LogP contribution in [-0.2, 0) is 13.0 Å². The van der Waals surface area contributed by atoms with E-state index in [1.54, 1.807) is 10.8 Å². The molecule has 0 N–H and O–H groups in total. The Morgan fingerprint density at radius 1 is 1.16 bits per heavy atom. The second-order valence-electron chi connectivity index (χ2n) is 6.42. The summed E-state index contributed by atoms with van der Waals surface area (Å²) < 4.78 is 4.13. The van der Waals surface area contributed by atoms with Gasteiger partial charge in [-0.15, -0.1) is 0 Å². The maximum absolute atomic E-state index is 6.27. The van der Waals surface area contributed by atoms with Crippen LogP contribution in [0.3, 0.4) is 0 Å². The predicted molar refractivity (Wildman–Crippen MR) is 97.7 cm³/mol. The van der Waals surface area contributed by atoms with Gasteiger partial charge in [-0.25, -0.2) is 14.5 Å². The molecule has 1 aromatic carbocycles. The molecular weight excluding hydrogens is 334 g/mol. The van der Waals surface area contributed by atoms with Gasteiger partial charge in [0.2, 0.25) is 0 Å². The summed E-state index contributed by atoms with van der Waals surface area (Å²) in [6.45, 7) is 3.09. The molecule has 0 bridgehead atoms. The highest BCUT2D eigenvalue weighted by Crippen LogP contribution is 2.37. The van der Waals surface area contributed by atoms with Crippen LogP contribution in [0.2, 0.25) is 5.02 Å². The van der Waals surface area contributed by atoms with E-state index in [2.05, 4.69) is 27.6 Å². The van der Waals surface area contributed by atoms with Crippen LogP contribution in [0.25, 0.3) is 28.2 Å². The lowest BCUT2D eigenvalue weighted by atomic mass is 10.0. The van der Waals surface area contributed by atoms with E-state index in [-0.39, 0.29) is 0 Å². The molecular formula is C19H16ClN5. The number of hydrogen-bond acceptors (Lipinski definition) is 3. The molecule has 1 aliphatic rings. The van der Waals surface area contributed by atoms with Gasteiger partial charge in [-0.05, 0) is 43.2 Å². The van der Waals surface area contributed by atoms with Crippen molar-refractivity contribution in [3.63, 3.8) is 0 Å². The van der Waals surface area contributed by atoms with Gasteiger partial charge in [0.1, 0.15) is 12.2 Å². The first-order chi connectivity index (χ1) is 12.2. The van der Waals surface area contributed by atoms with Crippen LogP contribution in [0.4, 0.5) is 0 Å². The van der Waals surface area contributed by atoms with Crippen LogP contribution >= 0.6 is 11.6 Å². The predicted octanol–water partition coefficient (Wildman–Crippen LogP) is 4.17. The van der Waals surface area contributed by atoms with Crippen molar-refractivity contribution in [3.05, 3.63) is 59.3 Å². The molecule has 0 fully saturated rings. The van der Waals surface area contributed by atoms with Gasteiger partial charge in [-0.1, -0.05) is 17.7 Å². The highest BCUT2D eigenvalue weighted by atomic mass is 35.5. The standard InChI is InChI=1S/C19H16ClN5/c1-12-4-6-14(20)9-15(12)18-19(24-8-2-3-17(24)23-18)13-5-7-16-21-11-22-25(16)10-13/h4-7,9-11H,2-3,8H2,1H3. The Kier molecular flexibility index (Phi) is 3.18. The van der Waals surface area contributed by atoms with E-state index in [0.29, 0.717) is 0 Å². The molecule has 0 aliphatic carbocycles. The summed E-state index contributed by atoms with van der Waals surface area (Å²) in [5.41, 5.74) is 6.31. The minimum absolute atomic E-state index is 0.728. The minimum Gasteiger partial charge on any atom is -0.327 e. The number of imidazole rings is 1. The van der Waals surface area contributed by atoms with Gasteiger partial charge in [0.25, 0.3) is 0 Å². The van der Waals surface area contributed by atoms with E-state index in [1.807, 2.05) is 30.5 Å². The van der Waals surface area contributed by atoms with Crippen molar-refractivity contribution in [2.24, 2.45) is 0 Å². The number of aromatic nitrogens is 5. The summed E-state index contributed by atoms with van der Waals surface area (Å²) in [7, 11) is 0. The van der Waals surface area contributed by atoms with E-state index in [0.717, 1.165) is 58.4 Å². The number of hydrogen-bond donors (Lipinski definition) is 0. The molecule has 4 aromatic rings.